The fraction of sp³-hybridized carbons (Fsp3) is 0.533. The van der Waals surface area contributed by atoms with Gasteiger partial charge in [0.1, 0.15) is 5.75 Å². The van der Waals surface area contributed by atoms with Gasteiger partial charge in [0.25, 0.3) is 5.91 Å². The van der Waals surface area contributed by atoms with E-state index in [-0.39, 0.29) is 11.9 Å². The topological polar surface area (TPSA) is 74.0 Å². The van der Waals surface area contributed by atoms with Crippen LogP contribution in [0.25, 0.3) is 0 Å². The first-order valence-corrected chi connectivity index (χ1v) is 6.95. The molecule has 0 spiro atoms. The summed E-state index contributed by atoms with van der Waals surface area (Å²) in [5.74, 6) is 1.45. The maximum atomic E-state index is 12.7. The number of hydrogen-bond donors (Lipinski definition) is 1. The lowest BCUT2D eigenvalue weighted by atomic mass is 10.0. The summed E-state index contributed by atoms with van der Waals surface area (Å²) in [7, 11) is 4.62. The molecule has 0 aromatic heterocycles. The van der Waals surface area contributed by atoms with Gasteiger partial charge in [0.05, 0.1) is 26.9 Å². The van der Waals surface area contributed by atoms with E-state index in [4.69, 9.17) is 19.9 Å². The van der Waals surface area contributed by atoms with Crippen LogP contribution in [0.15, 0.2) is 12.1 Å². The first-order valence-electron chi connectivity index (χ1n) is 6.95. The van der Waals surface area contributed by atoms with Crippen LogP contribution in [0.5, 0.6) is 17.2 Å². The zero-order valence-electron chi connectivity index (χ0n) is 12.7. The van der Waals surface area contributed by atoms with E-state index in [2.05, 4.69) is 0 Å². The molecule has 0 atom stereocenters. The molecule has 1 amide bonds. The number of likely N-dealkylation sites (tertiary alicyclic amines) is 1. The van der Waals surface area contributed by atoms with Gasteiger partial charge in [-0.2, -0.15) is 0 Å². The van der Waals surface area contributed by atoms with Crippen LogP contribution in [-0.4, -0.2) is 51.3 Å². The van der Waals surface area contributed by atoms with E-state index >= 15 is 0 Å². The quantitative estimate of drug-likeness (QED) is 0.905. The van der Waals surface area contributed by atoms with Crippen molar-refractivity contribution in [3.05, 3.63) is 17.7 Å². The Hall–Kier alpha value is -1.95. The van der Waals surface area contributed by atoms with Crippen LogP contribution in [0.4, 0.5) is 0 Å². The van der Waals surface area contributed by atoms with Crippen molar-refractivity contribution in [3.8, 4) is 17.2 Å². The Morgan fingerprint density at radius 3 is 2.10 bits per heavy atom. The lowest BCUT2D eigenvalue weighted by molar-refractivity contribution is 0.0711. The van der Waals surface area contributed by atoms with Gasteiger partial charge in [-0.15, -0.1) is 0 Å². The minimum absolute atomic E-state index is 0.0697. The largest absolute Gasteiger partial charge is 0.496 e. The molecule has 0 saturated carbocycles. The van der Waals surface area contributed by atoms with Gasteiger partial charge in [-0.25, -0.2) is 0 Å². The number of ether oxygens (including phenoxy) is 3. The van der Waals surface area contributed by atoms with E-state index in [9.17, 15) is 4.79 Å². The van der Waals surface area contributed by atoms with Gasteiger partial charge >= 0.3 is 0 Å². The number of hydrogen-bond acceptors (Lipinski definition) is 5. The highest BCUT2D eigenvalue weighted by Gasteiger charge is 2.25. The third-order valence-corrected chi connectivity index (χ3v) is 3.76. The number of piperidine rings is 1. The molecule has 0 unspecified atom stereocenters. The highest BCUT2D eigenvalue weighted by molar-refractivity contribution is 5.98. The molecular formula is C15H22N2O4. The van der Waals surface area contributed by atoms with E-state index in [1.165, 1.54) is 7.11 Å². The standard InChI is InChI=1S/C15H22N2O4/c1-19-12-9-14(21-3)13(20-2)8-11(12)15(18)17-6-4-10(16)5-7-17/h8-10H,4-7,16H2,1-3H3. The van der Waals surface area contributed by atoms with Crippen LogP contribution >= 0.6 is 0 Å². The smallest absolute Gasteiger partial charge is 0.257 e. The van der Waals surface area contributed by atoms with Crippen molar-refractivity contribution in [1.29, 1.82) is 0 Å². The summed E-state index contributed by atoms with van der Waals surface area (Å²) in [6.45, 7) is 1.33. The molecule has 1 aliphatic rings. The Morgan fingerprint density at radius 2 is 1.57 bits per heavy atom. The van der Waals surface area contributed by atoms with Crippen molar-refractivity contribution in [2.75, 3.05) is 34.4 Å². The van der Waals surface area contributed by atoms with Gasteiger partial charge in [-0.3, -0.25) is 4.79 Å². The molecule has 0 aliphatic carbocycles. The van der Waals surface area contributed by atoms with Crippen molar-refractivity contribution < 1.29 is 19.0 Å². The summed E-state index contributed by atoms with van der Waals surface area (Å²) in [5, 5.41) is 0. The Morgan fingerprint density at radius 1 is 1.05 bits per heavy atom. The Labute approximate surface area is 124 Å². The number of carbonyl (C=O) groups is 1. The molecule has 1 fully saturated rings. The number of carbonyl (C=O) groups excluding carboxylic acids is 1. The number of nitrogens with two attached hydrogens (primary N) is 1. The van der Waals surface area contributed by atoms with Gasteiger partial charge < -0.3 is 24.8 Å². The molecule has 6 nitrogen and oxygen atoms in total. The highest BCUT2D eigenvalue weighted by Crippen LogP contribution is 2.35. The predicted molar refractivity (Wildman–Crippen MR) is 79.2 cm³/mol. The summed E-state index contributed by atoms with van der Waals surface area (Å²) in [6, 6.07) is 3.51. The molecule has 6 heteroatoms. The van der Waals surface area contributed by atoms with Gasteiger partial charge in [0, 0.05) is 31.3 Å². The van der Waals surface area contributed by atoms with Gasteiger partial charge in [0.2, 0.25) is 0 Å². The second-order valence-electron chi connectivity index (χ2n) is 5.04. The van der Waals surface area contributed by atoms with E-state index in [1.54, 1.807) is 31.3 Å². The van der Waals surface area contributed by atoms with Crippen molar-refractivity contribution >= 4 is 5.91 Å². The summed E-state index contributed by atoms with van der Waals surface area (Å²) in [4.78, 5) is 14.5. The number of rotatable bonds is 4. The summed E-state index contributed by atoms with van der Waals surface area (Å²) in [5.41, 5.74) is 6.35. The second kappa shape index (κ2) is 6.67. The third kappa shape index (κ3) is 3.21. The van der Waals surface area contributed by atoms with Crippen LogP contribution in [0, 0.1) is 0 Å². The predicted octanol–water partition coefficient (Wildman–Crippen LogP) is 1.28. The number of methoxy groups -OCH3 is 3. The normalized spacial score (nSPS) is 15.7. The maximum absolute atomic E-state index is 12.7. The molecule has 116 valence electrons. The van der Waals surface area contributed by atoms with Crippen LogP contribution < -0.4 is 19.9 Å². The molecule has 1 aromatic carbocycles. The SMILES string of the molecule is COc1cc(OC)c(C(=O)N2CCC(N)CC2)cc1OC. The van der Waals surface area contributed by atoms with E-state index in [1.807, 2.05) is 0 Å². The fourth-order valence-electron chi connectivity index (χ4n) is 2.47. The first kappa shape index (κ1) is 15.4. The molecule has 21 heavy (non-hydrogen) atoms. The van der Waals surface area contributed by atoms with Crippen LogP contribution in [-0.2, 0) is 0 Å². The lowest BCUT2D eigenvalue weighted by Crippen LogP contribution is -2.42. The third-order valence-electron chi connectivity index (χ3n) is 3.76. The Kier molecular flexibility index (Phi) is 4.90. The summed E-state index contributed by atoms with van der Waals surface area (Å²) in [6.07, 6.45) is 1.64. The zero-order valence-corrected chi connectivity index (χ0v) is 12.7. The minimum Gasteiger partial charge on any atom is -0.496 e. The van der Waals surface area contributed by atoms with Crippen LogP contribution in [0.1, 0.15) is 23.2 Å². The van der Waals surface area contributed by atoms with Crippen molar-refractivity contribution in [3.63, 3.8) is 0 Å². The molecule has 2 rings (SSSR count). The number of benzene rings is 1. The van der Waals surface area contributed by atoms with E-state index in [0.717, 1.165) is 12.8 Å². The Balaban J connectivity index is 2.31. The fourth-order valence-corrected chi connectivity index (χ4v) is 2.47. The second-order valence-corrected chi connectivity index (χ2v) is 5.04. The zero-order chi connectivity index (χ0) is 15.4. The van der Waals surface area contributed by atoms with Crippen LogP contribution in [0.2, 0.25) is 0 Å². The average molecular weight is 294 g/mol. The average Bonchev–Trinajstić information content (AvgIpc) is 2.53. The molecule has 1 aromatic rings. The van der Waals surface area contributed by atoms with Crippen molar-refractivity contribution in [2.45, 2.75) is 18.9 Å². The molecule has 1 saturated heterocycles. The van der Waals surface area contributed by atoms with Crippen LogP contribution in [0.3, 0.4) is 0 Å². The highest BCUT2D eigenvalue weighted by atomic mass is 16.5. The molecule has 2 N–H and O–H groups in total. The van der Waals surface area contributed by atoms with Crippen molar-refractivity contribution in [1.82, 2.24) is 4.90 Å². The number of amides is 1. The van der Waals surface area contributed by atoms with Gasteiger partial charge in [-0.05, 0) is 12.8 Å². The molecule has 1 heterocycles. The van der Waals surface area contributed by atoms with E-state index in [0.29, 0.717) is 35.9 Å². The number of nitrogens with zero attached hydrogens (tertiary/aromatic N) is 1. The Bertz CT molecular complexity index is 511. The van der Waals surface area contributed by atoms with Gasteiger partial charge in [0.15, 0.2) is 11.5 Å². The lowest BCUT2D eigenvalue weighted by Gasteiger charge is -2.30. The van der Waals surface area contributed by atoms with Crippen molar-refractivity contribution in [2.24, 2.45) is 5.73 Å². The maximum Gasteiger partial charge on any atom is 0.257 e. The molecule has 1 aliphatic heterocycles. The monoisotopic (exact) mass is 294 g/mol. The van der Waals surface area contributed by atoms with E-state index < -0.39 is 0 Å². The summed E-state index contributed by atoms with van der Waals surface area (Å²) >= 11 is 0. The van der Waals surface area contributed by atoms with Gasteiger partial charge in [-0.1, -0.05) is 0 Å². The molecule has 0 radical (unpaired) electrons. The molecule has 0 bridgehead atoms. The first-order chi connectivity index (χ1) is 10.1. The summed E-state index contributed by atoms with van der Waals surface area (Å²) < 4.78 is 15.8. The molecular weight excluding hydrogens is 272 g/mol. The minimum atomic E-state index is -0.0697.